The summed E-state index contributed by atoms with van der Waals surface area (Å²) >= 11 is 0. The van der Waals surface area contributed by atoms with Gasteiger partial charge in [0, 0.05) is 24.7 Å². The zero-order valence-corrected chi connectivity index (χ0v) is 11.9. The fraction of sp³-hybridized carbons (Fsp3) is 0.375. The lowest BCUT2D eigenvalue weighted by Crippen LogP contribution is -2.08. The van der Waals surface area contributed by atoms with Crippen LogP contribution in [0.3, 0.4) is 0 Å². The molecule has 19 heavy (non-hydrogen) atoms. The molecule has 0 bridgehead atoms. The van der Waals surface area contributed by atoms with E-state index in [1.165, 1.54) is 11.1 Å². The molecule has 0 amide bonds. The lowest BCUT2D eigenvalue weighted by atomic mass is 10.1. The minimum absolute atomic E-state index is 0.878. The van der Waals surface area contributed by atoms with E-state index in [0.717, 1.165) is 36.6 Å². The number of hydrogen-bond donors (Lipinski definition) is 1. The monoisotopic (exact) mass is 255 g/mol. The predicted octanol–water partition coefficient (Wildman–Crippen LogP) is 3.17. The molecule has 0 saturated heterocycles. The van der Waals surface area contributed by atoms with E-state index in [1.54, 1.807) is 0 Å². The first-order valence-electron chi connectivity index (χ1n) is 6.82. The summed E-state index contributed by atoms with van der Waals surface area (Å²) in [6.45, 7) is 4.20. The largest absolute Gasteiger partial charge is 0.373 e. The lowest BCUT2D eigenvalue weighted by Gasteiger charge is -2.11. The number of nitrogens with zero attached hydrogens (tertiary/aromatic N) is 2. The number of benzene rings is 1. The van der Waals surface area contributed by atoms with Crippen LogP contribution in [0.4, 0.5) is 5.82 Å². The van der Waals surface area contributed by atoms with Crippen molar-refractivity contribution in [2.45, 2.75) is 33.1 Å². The molecular weight excluding hydrogens is 234 g/mol. The molecule has 0 radical (unpaired) electrons. The second kappa shape index (κ2) is 6.32. The van der Waals surface area contributed by atoms with Gasteiger partial charge in [0.15, 0.2) is 0 Å². The maximum atomic E-state index is 4.62. The van der Waals surface area contributed by atoms with Gasteiger partial charge in [0.1, 0.15) is 11.6 Å². The van der Waals surface area contributed by atoms with E-state index >= 15 is 0 Å². The number of aryl methyl sites for hydroxylation is 3. The highest BCUT2D eigenvalue weighted by atomic mass is 15.0. The average molecular weight is 255 g/mol. The maximum Gasteiger partial charge on any atom is 0.132 e. The third-order valence-electron chi connectivity index (χ3n) is 3.33. The van der Waals surface area contributed by atoms with E-state index in [4.69, 9.17) is 0 Å². The Bertz CT molecular complexity index is 535. The molecule has 0 aliphatic rings. The van der Waals surface area contributed by atoms with Crippen molar-refractivity contribution in [1.29, 1.82) is 0 Å². The first kappa shape index (κ1) is 13.5. The van der Waals surface area contributed by atoms with Crippen LogP contribution in [0.15, 0.2) is 30.3 Å². The smallest absolute Gasteiger partial charge is 0.132 e. The molecule has 2 rings (SSSR count). The van der Waals surface area contributed by atoms with Crippen LogP contribution >= 0.6 is 0 Å². The fourth-order valence-corrected chi connectivity index (χ4v) is 2.30. The van der Waals surface area contributed by atoms with Crippen molar-refractivity contribution >= 4 is 5.82 Å². The minimum Gasteiger partial charge on any atom is -0.373 e. The molecule has 0 fully saturated rings. The van der Waals surface area contributed by atoms with Gasteiger partial charge >= 0.3 is 0 Å². The predicted molar refractivity (Wildman–Crippen MR) is 79.5 cm³/mol. The van der Waals surface area contributed by atoms with Crippen LogP contribution in [0, 0.1) is 6.92 Å². The van der Waals surface area contributed by atoms with E-state index < -0.39 is 0 Å². The molecule has 1 N–H and O–H groups in total. The van der Waals surface area contributed by atoms with Gasteiger partial charge in [0.2, 0.25) is 0 Å². The zero-order chi connectivity index (χ0) is 13.7. The van der Waals surface area contributed by atoms with Crippen molar-refractivity contribution in [2.75, 3.05) is 12.4 Å². The first-order chi connectivity index (χ1) is 9.24. The van der Waals surface area contributed by atoms with E-state index in [-0.39, 0.29) is 0 Å². The molecule has 2 aromatic rings. The number of nitrogens with one attached hydrogen (secondary N) is 1. The molecule has 3 nitrogen and oxygen atoms in total. The highest BCUT2D eigenvalue weighted by Gasteiger charge is 2.08. The Hall–Kier alpha value is -1.90. The van der Waals surface area contributed by atoms with Crippen LogP contribution in [0.25, 0.3) is 0 Å². The fourth-order valence-electron chi connectivity index (χ4n) is 2.30. The third-order valence-corrected chi connectivity index (χ3v) is 3.33. The van der Waals surface area contributed by atoms with Gasteiger partial charge in [-0.25, -0.2) is 9.97 Å². The number of aromatic nitrogens is 2. The molecule has 0 aliphatic heterocycles. The Morgan fingerprint density at radius 3 is 2.42 bits per heavy atom. The van der Waals surface area contributed by atoms with E-state index in [2.05, 4.69) is 53.4 Å². The summed E-state index contributed by atoms with van der Waals surface area (Å²) in [4.78, 5) is 9.23. The minimum atomic E-state index is 0.878. The van der Waals surface area contributed by atoms with Crippen LogP contribution in [0.5, 0.6) is 0 Å². The van der Waals surface area contributed by atoms with Gasteiger partial charge in [0.25, 0.3) is 0 Å². The summed E-state index contributed by atoms with van der Waals surface area (Å²) in [6.07, 6.45) is 2.82. The molecule has 0 aliphatic carbocycles. The average Bonchev–Trinajstić information content (AvgIpc) is 2.45. The number of anilines is 1. The van der Waals surface area contributed by atoms with E-state index in [1.807, 2.05) is 13.1 Å². The SMILES string of the molecule is CCc1c(C)nc(CCc2ccccc2)nc1NC. The van der Waals surface area contributed by atoms with Crippen molar-refractivity contribution in [3.05, 3.63) is 53.0 Å². The Morgan fingerprint density at radius 2 is 1.79 bits per heavy atom. The molecule has 1 aromatic heterocycles. The number of hydrogen-bond acceptors (Lipinski definition) is 3. The highest BCUT2D eigenvalue weighted by molar-refractivity contribution is 5.46. The van der Waals surface area contributed by atoms with Gasteiger partial charge in [-0.05, 0) is 25.3 Å². The summed E-state index contributed by atoms with van der Waals surface area (Å²) in [5, 5.41) is 3.17. The summed E-state index contributed by atoms with van der Waals surface area (Å²) in [5.74, 6) is 1.89. The van der Waals surface area contributed by atoms with Crippen molar-refractivity contribution in [3.63, 3.8) is 0 Å². The van der Waals surface area contributed by atoms with Gasteiger partial charge in [-0.1, -0.05) is 37.3 Å². The molecule has 0 atom stereocenters. The number of rotatable bonds is 5. The summed E-state index contributed by atoms with van der Waals surface area (Å²) < 4.78 is 0. The van der Waals surface area contributed by atoms with Crippen LogP contribution in [-0.4, -0.2) is 17.0 Å². The van der Waals surface area contributed by atoms with Crippen molar-refractivity contribution < 1.29 is 0 Å². The Balaban J connectivity index is 2.15. The molecule has 100 valence electrons. The second-order valence-corrected chi connectivity index (χ2v) is 4.64. The second-order valence-electron chi connectivity index (χ2n) is 4.64. The molecule has 1 aromatic carbocycles. The van der Waals surface area contributed by atoms with Crippen molar-refractivity contribution in [1.82, 2.24) is 9.97 Å². The quantitative estimate of drug-likeness (QED) is 0.891. The molecule has 3 heteroatoms. The molecule has 1 heterocycles. The Labute approximate surface area is 115 Å². The van der Waals surface area contributed by atoms with E-state index in [0.29, 0.717) is 0 Å². The zero-order valence-electron chi connectivity index (χ0n) is 11.9. The lowest BCUT2D eigenvalue weighted by molar-refractivity contribution is 0.834. The van der Waals surface area contributed by atoms with Crippen LogP contribution in [0.1, 0.15) is 29.6 Å². The Kier molecular flexibility index (Phi) is 4.50. The van der Waals surface area contributed by atoms with Gasteiger partial charge in [-0.15, -0.1) is 0 Å². The summed E-state index contributed by atoms with van der Waals surface area (Å²) in [6, 6.07) is 10.5. The van der Waals surface area contributed by atoms with Crippen LogP contribution in [-0.2, 0) is 19.3 Å². The van der Waals surface area contributed by atoms with Crippen molar-refractivity contribution in [2.24, 2.45) is 0 Å². The van der Waals surface area contributed by atoms with Crippen LogP contribution < -0.4 is 5.32 Å². The van der Waals surface area contributed by atoms with Crippen molar-refractivity contribution in [3.8, 4) is 0 Å². The van der Waals surface area contributed by atoms with E-state index in [9.17, 15) is 0 Å². The summed E-state index contributed by atoms with van der Waals surface area (Å²) in [7, 11) is 1.92. The molecule has 0 unspecified atom stereocenters. The van der Waals surface area contributed by atoms with Gasteiger partial charge in [-0.2, -0.15) is 0 Å². The highest BCUT2D eigenvalue weighted by Crippen LogP contribution is 2.17. The Morgan fingerprint density at radius 1 is 1.05 bits per heavy atom. The molecule has 0 saturated carbocycles. The topological polar surface area (TPSA) is 37.8 Å². The third kappa shape index (κ3) is 3.31. The standard InChI is InChI=1S/C16H21N3/c1-4-14-12(2)18-15(19-16(14)17-3)11-10-13-8-6-5-7-9-13/h5-9H,4,10-11H2,1-3H3,(H,17,18,19). The van der Waals surface area contributed by atoms with Gasteiger partial charge in [0.05, 0.1) is 0 Å². The normalized spacial score (nSPS) is 10.5. The first-order valence-corrected chi connectivity index (χ1v) is 6.82. The van der Waals surface area contributed by atoms with Gasteiger partial charge in [-0.3, -0.25) is 0 Å². The maximum absolute atomic E-state index is 4.62. The van der Waals surface area contributed by atoms with Crippen LogP contribution in [0.2, 0.25) is 0 Å². The van der Waals surface area contributed by atoms with Gasteiger partial charge < -0.3 is 5.32 Å². The summed E-state index contributed by atoms with van der Waals surface area (Å²) in [5.41, 5.74) is 3.63. The molecular formula is C16H21N3. The molecule has 0 spiro atoms.